The first-order chi connectivity index (χ1) is 15.0. The van der Waals surface area contributed by atoms with Gasteiger partial charge >= 0.3 is 5.97 Å². The van der Waals surface area contributed by atoms with Crippen molar-refractivity contribution in [2.45, 2.75) is 25.9 Å². The third-order valence-electron chi connectivity index (χ3n) is 5.63. The number of rotatable bonds is 8. The van der Waals surface area contributed by atoms with Crippen molar-refractivity contribution in [1.29, 1.82) is 0 Å². The molecule has 1 aromatic heterocycles. The molecule has 3 aromatic carbocycles. The maximum absolute atomic E-state index is 12.3. The Balaban J connectivity index is 1.65. The number of aromatic nitrogens is 1. The zero-order valence-electron chi connectivity index (χ0n) is 17.4. The van der Waals surface area contributed by atoms with Crippen LogP contribution >= 0.6 is 11.6 Å². The number of halogens is 1. The van der Waals surface area contributed by atoms with Crippen molar-refractivity contribution >= 4 is 28.5 Å². The summed E-state index contributed by atoms with van der Waals surface area (Å²) < 4.78 is 1.88. The fraction of sp³-hybridized carbons (Fsp3) is 0.192. The molecule has 1 heterocycles. The lowest BCUT2D eigenvalue weighted by atomic mass is 10.0. The molecule has 0 unspecified atom stereocenters. The zero-order valence-corrected chi connectivity index (χ0v) is 18.1. The van der Waals surface area contributed by atoms with Crippen molar-refractivity contribution < 1.29 is 9.90 Å². The molecule has 0 aliphatic carbocycles. The quantitative estimate of drug-likeness (QED) is 0.362. The van der Waals surface area contributed by atoms with Gasteiger partial charge in [0.2, 0.25) is 0 Å². The molecule has 2 N–H and O–H groups in total. The van der Waals surface area contributed by atoms with Crippen molar-refractivity contribution in [2.24, 2.45) is 0 Å². The van der Waals surface area contributed by atoms with E-state index in [1.807, 2.05) is 71.3 Å². The molecule has 0 bridgehead atoms. The fourth-order valence-electron chi connectivity index (χ4n) is 4.09. The van der Waals surface area contributed by atoms with Crippen molar-refractivity contribution in [3.8, 4) is 0 Å². The number of nitrogens with one attached hydrogen (secondary N) is 1. The van der Waals surface area contributed by atoms with E-state index < -0.39 is 5.97 Å². The molecule has 1 atom stereocenters. The third kappa shape index (κ3) is 4.66. The monoisotopic (exact) mass is 432 g/mol. The van der Waals surface area contributed by atoms with Gasteiger partial charge in [0, 0.05) is 41.1 Å². The van der Waals surface area contributed by atoms with Gasteiger partial charge in [0.1, 0.15) is 5.69 Å². The molecule has 158 valence electrons. The van der Waals surface area contributed by atoms with Gasteiger partial charge in [0.05, 0.1) is 0 Å². The van der Waals surface area contributed by atoms with Gasteiger partial charge in [0.15, 0.2) is 0 Å². The van der Waals surface area contributed by atoms with Gasteiger partial charge in [-0.1, -0.05) is 79.2 Å². The predicted octanol–water partition coefficient (Wildman–Crippen LogP) is 5.93. The molecule has 31 heavy (non-hydrogen) atoms. The van der Waals surface area contributed by atoms with Crippen LogP contribution in [-0.2, 0) is 13.1 Å². The first-order valence-electron chi connectivity index (χ1n) is 10.4. The number of benzene rings is 3. The fourth-order valence-corrected chi connectivity index (χ4v) is 4.31. The molecule has 4 rings (SSSR count). The summed E-state index contributed by atoms with van der Waals surface area (Å²) in [6.45, 7) is 3.87. The van der Waals surface area contributed by atoms with E-state index in [9.17, 15) is 9.90 Å². The van der Waals surface area contributed by atoms with E-state index in [1.54, 1.807) is 0 Å². The number of carboxylic acids is 1. The average Bonchev–Trinajstić information content (AvgIpc) is 3.08. The van der Waals surface area contributed by atoms with Gasteiger partial charge in [-0.15, -0.1) is 0 Å². The largest absolute Gasteiger partial charge is 0.477 e. The minimum atomic E-state index is -0.925. The van der Waals surface area contributed by atoms with E-state index in [4.69, 9.17) is 11.6 Å². The lowest BCUT2D eigenvalue weighted by molar-refractivity contribution is 0.0685. The Bertz CT molecular complexity index is 1200. The molecule has 0 amide bonds. The smallest absolute Gasteiger partial charge is 0.352 e. The topological polar surface area (TPSA) is 54.3 Å². The van der Waals surface area contributed by atoms with Crippen LogP contribution in [0.5, 0.6) is 0 Å². The van der Waals surface area contributed by atoms with Gasteiger partial charge in [-0.3, -0.25) is 0 Å². The second-order valence-electron chi connectivity index (χ2n) is 7.81. The second-order valence-corrected chi connectivity index (χ2v) is 8.24. The molecule has 0 fully saturated rings. The van der Waals surface area contributed by atoms with Crippen molar-refractivity contribution in [3.05, 3.63) is 106 Å². The van der Waals surface area contributed by atoms with Crippen LogP contribution < -0.4 is 5.32 Å². The van der Waals surface area contributed by atoms with Crippen LogP contribution in [0.1, 0.15) is 40.0 Å². The summed E-state index contributed by atoms with van der Waals surface area (Å²) in [4.78, 5) is 12.3. The molecule has 0 spiro atoms. The minimum Gasteiger partial charge on any atom is -0.477 e. The number of hydrogen-bond donors (Lipinski definition) is 2. The van der Waals surface area contributed by atoms with E-state index in [0.717, 1.165) is 28.6 Å². The number of aromatic carboxylic acids is 1. The lowest BCUT2D eigenvalue weighted by Gasteiger charge is -2.14. The highest BCUT2D eigenvalue weighted by Crippen LogP contribution is 2.28. The highest BCUT2D eigenvalue weighted by Gasteiger charge is 2.22. The number of carboxylic acid groups (broad SMARTS) is 1. The van der Waals surface area contributed by atoms with Crippen LogP contribution in [0.15, 0.2) is 78.9 Å². The normalized spacial score (nSPS) is 12.2. The third-order valence-corrected chi connectivity index (χ3v) is 5.86. The molecule has 0 radical (unpaired) electrons. The maximum Gasteiger partial charge on any atom is 0.352 e. The van der Waals surface area contributed by atoms with Crippen LogP contribution in [-0.4, -0.2) is 22.2 Å². The summed E-state index contributed by atoms with van der Waals surface area (Å²) in [5, 5.41) is 15.2. The summed E-state index contributed by atoms with van der Waals surface area (Å²) in [6.07, 6.45) is 0. The molecule has 4 aromatic rings. The molecule has 0 aliphatic rings. The molecule has 0 aliphatic heterocycles. The van der Waals surface area contributed by atoms with Crippen molar-refractivity contribution in [3.63, 3.8) is 0 Å². The Kier molecular flexibility index (Phi) is 6.40. The minimum absolute atomic E-state index is 0.320. The number of hydrogen-bond acceptors (Lipinski definition) is 2. The number of nitrogens with zero attached hydrogens (tertiary/aromatic N) is 1. The lowest BCUT2D eigenvalue weighted by Crippen LogP contribution is -2.21. The Morgan fingerprint density at radius 2 is 1.77 bits per heavy atom. The number of carbonyl (C=O) groups is 1. The summed E-state index contributed by atoms with van der Waals surface area (Å²) in [7, 11) is 0. The van der Waals surface area contributed by atoms with E-state index in [2.05, 4.69) is 24.4 Å². The summed E-state index contributed by atoms with van der Waals surface area (Å²) in [5.74, 6) is -0.597. The van der Waals surface area contributed by atoms with Crippen LogP contribution in [0.3, 0.4) is 0 Å². The summed E-state index contributed by atoms with van der Waals surface area (Å²) in [5.41, 5.74) is 4.27. The molecular formula is C26H25ClN2O2. The molecule has 5 heteroatoms. The highest BCUT2D eigenvalue weighted by molar-refractivity contribution is 6.30. The first kappa shape index (κ1) is 21.2. The standard InChI is InChI=1S/C26H25ClN2O2/c1-18(20-9-3-2-4-10-20)15-28-16-23-22-12-5-6-13-24(22)29(25(23)26(30)31)17-19-8-7-11-21(27)14-19/h2-14,18,28H,15-17H2,1H3,(H,30,31)/t18-/m0/s1. The van der Waals surface area contributed by atoms with Crippen LogP contribution in [0, 0.1) is 0 Å². The SMILES string of the molecule is C[C@@H](CNCc1c(C(=O)O)n(Cc2cccc(Cl)c2)c2ccccc12)c1ccccc1. The van der Waals surface area contributed by atoms with Gasteiger partial charge < -0.3 is 15.0 Å². The van der Waals surface area contributed by atoms with Crippen molar-refractivity contribution in [1.82, 2.24) is 9.88 Å². The molecule has 4 nitrogen and oxygen atoms in total. The Hall–Kier alpha value is -3.08. The summed E-state index contributed by atoms with van der Waals surface area (Å²) >= 11 is 6.15. The Labute approximate surface area is 187 Å². The van der Waals surface area contributed by atoms with E-state index in [0.29, 0.717) is 29.7 Å². The van der Waals surface area contributed by atoms with E-state index in [-0.39, 0.29) is 0 Å². The molecule has 0 saturated heterocycles. The highest BCUT2D eigenvalue weighted by atomic mass is 35.5. The maximum atomic E-state index is 12.3. The van der Waals surface area contributed by atoms with Crippen LogP contribution in [0.4, 0.5) is 0 Å². The summed E-state index contributed by atoms with van der Waals surface area (Å²) in [6, 6.07) is 25.7. The van der Waals surface area contributed by atoms with E-state index >= 15 is 0 Å². The Morgan fingerprint density at radius 1 is 1.03 bits per heavy atom. The average molecular weight is 433 g/mol. The zero-order chi connectivity index (χ0) is 21.8. The van der Waals surface area contributed by atoms with Gasteiger partial charge in [-0.25, -0.2) is 4.79 Å². The Morgan fingerprint density at radius 3 is 2.52 bits per heavy atom. The van der Waals surface area contributed by atoms with Gasteiger partial charge in [-0.05, 0) is 35.2 Å². The molecule has 0 saturated carbocycles. The van der Waals surface area contributed by atoms with E-state index in [1.165, 1.54) is 5.56 Å². The van der Waals surface area contributed by atoms with Crippen LogP contribution in [0.2, 0.25) is 5.02 Å². The second kappa shape index (κ2) is 9.38. The first-order valence-corrected chi connectivity index (χ1v) is 10.8. The van der Waals surface area contributed by atoms with Gasteiger partial charge in [0.25, 0.3) is 0 Å². The van der Waals surface area contributed by atoms with Gasteiger partial charge in [-0.2, -0.15) is 0 Å². The predicted molar refractivity (Wildman–Crippen MR) is 126 cm³/mol. The number of para-hydroxylation sites is 1. The van der Waals surface area contributed by atoms with Crippen LogP contribution in [0.25, 0.3) is 10.9 Å². The molecular weight excluding hydrogens is 408 g/mol. The number of fused-ring (bicyclic) bond motifs is 1. The van der Waals surface area contributed by atoms with Crippen molar-refractivity contribution in [2.75, 3.05) is 6.54 Å².